The Morgan fingerprint density at radius 3 is 2.67 bits per heavy atom. The first kappa shape index (κ1) is 18.2. The van der Waals surface area contributed by atoms with Crippen LogP contribution in [0.3, 0.4) is 0 Å². The van der Waals surface area contributed by atoms with Crippen LogP contribution >= 0.6 is 11.8 Å². The average Bonchev–Trinajstić information content (AvgIpc) is 2.39. The van der Waals surface area contributed by atoms with Crippen LogP contribution in [0.4, 0.5) is 4.39 Å². The van der Waals surface area contributed by atoms with Crippen molar-refractivity contribution in [3.63, 3.8) is 0 Å². The fourth-order valence-electron chi connectivity index (χ4n) is 1.62. The van der Waals surface area contributed by atoms with Crippen molar-refractivity contribution in [3.8, 4) is 5.75 Å². The second kappa shape index (κ2) is 7.44. The summed E-state index contributed by atoms with van der Waals surface area (Å²) in [6.45, 7) is 3.38. The van der Waals surface area contributed by atoms with Crippen LogP contribution in [0.15, 0.2) is 23.1 Å². The molecule has 1 aromatic rings. The van der Waals surface area contributed by atoms with Gasteiger partial charge >= 0.3 is 0 Å². The minimum atomic E-state index is -3.88. The molecule has 5 nitrogen and oxygen atoms in total. The number of hydrogen-bond donors (Lipinski definition) is 2. The third-order valence-corrected chi connectivity index (χ3v) is 4.92. The van der Waals surface area contributed by atoms with Gasteiger partial charge in [-0.15, -0.1) is 0 Å². The van der Waals surface area contributed by atoms with Crippen LogP contribution in [0.25, 0.3) is 0 Å². The summed E-state index contributed by atoms with van der Waals surface area (Å²) in [6.07, 6.45) is 1.81. The maximum Gasteiger partial charge on any atom is 0.240 e. The number of hydrogen-bond acceptors (Lipinski definition) is 5. The Hall–Kier alpha value is -0.830. The largest absolute Gasteiger partial charge is 0.491 e. The van der Waals surface area contributed by atoms with Crippen molar-refractivity contribution in [2.24, 2.45) is 0 Å². The lowest BCUT2D eigenvalue weighted by Crippen LogP contribution is -2.42. The quantitative estimate of drug-likeness (QED) is 0.754. The van der Waals surface area contributed by atoms with Crippen LogP contribution in [0, 0.1) is 5.82 Å². The summed E-state index contributed by atoms with van der Waals surface area (Å²) in [5, 5.41) is 9.95. The SMILES string of the molecule is CCOc1ccc(S(=O)(=O)NCC(C)(O)CSC)cc1F. The normalized spacial score (nSPS) is 14.7. The summed E-state index contributed by atoms with van der Waals surface area (Å²) >= 11 is 1.40. The zero-order valence-corrected chi connectivity index (χ0v) is 13.9. The van der Waals surface area contributed by atoms with Crippen molar-refractivity contribution < 1.29 is 22.7 Å². The summed E-state index contributed by atoms with van der Waals surface area (Å²) in [5.74, 6) is -0.353. The van der Waals surface area contributed by atoms with Gasteiger partial charge in [0.05, 0.1) is 17.1 Å². The highest BCUT2D eigenvalue weighted by atomic mass is 32.2. The van der Waals surface area contributed by atoms with Gasteiger partial charge in [-0.05, 0) is 38.3 Å². The summed E-state index contributed by atoms with van der Waals surface area (Å²) in [4.78, 5) is -0.205. The van der Waals surface area contributed by atoms with Crippen LogP contribution in [-0.2, 0) is 10.0 Å². The fourth-order valence-corrected chi connectivity index (χ4v) is 3.51. The topological polar surface area (TPSA) is 75.6 Å². The molecule has 0 aliphatic carbocycles. The minimum Gasteiger partial charge on any atom is -0.491 e. The van der Waals surface area contributed by atoms with Crippen molar-refractivity contribution >= 4 is 21.8 Å². The van der Waals surface area contributed by atoms with Gasteiger partial charge in [-0.25, -0.2) is 17.5 Å². The van der Waals surface area contributed by atoms with Gasteiger partial charge in [0.25, 0.3) is 0 Å². The Morgan fingerprint density at radius 2 is 2.14 bits per heavy atom. The Morgan fingerprint density at radius 1 is 1.48 bits per heavy atom. The summed E-state index contributed by atoms with van der Waals surface area (Å²) in [5.41, 5.74) is -1.17. The van der Waals surface area contributed by atoms with Gasteiger partial charge in [-0.1, -0.05) is 0 Å². The van der Waals surface area contributed by atoms with Gasteiger partial charge < -0.3 is 9.84 Å². The number of rotatable bonds is 8. The molecule has 120 valence electrons. The van der Waals surface area contributed by atoms with E-state index in [9.17, 15) is 17.9 Å². The van der Waals surface area contributed by atoms with E-state index in [0.29, 0.717) is 12.4 Å². The van der Waals surface area contributed by atoms with Crippen LogP contribution in [0.2, 0.25) is 0 Å². The van der Waals surface area contributed by atoms with Gasteiger partial charge in [-0.2, -0.15) is 11.8 Å². The highest BCUT2D eigenvalue weighted by molar-refractivity contribution is 7.98. The lowest BCUT2D eigenvalue weighted by atomic mass is 10.1. The van der Waals surface area contributed by atoms with Crippen LogP contribution in [0.1, 0.15) is 13.8 Å². The first-order valence-corrected chi connectivity index (χ1v) is 9.23. The number of thioether (sulfide) groups is 1. The average molecular weight is 337 g/mol. The van der Waals surface area contributed by atoms with E-state index >= 15 is 0 Å². The van der Waals surface area contributed by atoms with E-state index < -0.39 is 21.4 Å². The molecule has 0 radical (unpaired) electrons. The number of aliphatic hydroxyl groups is 1. The van der Waals surface area contributed by atoms with Gasteiger partial charge in [0.1, 0.15) is 0 Å². The van der Waals surface area contributed by atoms with E-state index in [1.807, 2.05) is 6.26 Å². The lowest BCUT2D eigenvalue weighted by molar-refractivity contribution is 0.0908. The standard InChI is InChI=1S/C13H20FNO4S2/c1-4-19-12-6-5-10(7-11(12)14)21(17,18)15-8-13(2,16)9-20-3/h5-7,15-16H,4,8-9H2,1-3H3. The first-order chi connectivity index (χ1) is 9.72. The Balaban J connectivity index is 2.86. The van der Waals surface area contributed by atoms with Gasteiger partial charge in [-0.3, -0.25) is 0 Å². The van der Waals surface area contributed by atoms with Crippen LogP contribution < -0.4 is 9.46 Å². The fraction of sp³-hybridized carbons (Fsp3) is 0.538. The molecule has 1 unspecified atom stereocenters. The summed E-state index contributed by atoms with van der Waals surface area (Å²) in [6, 6.07) is 3.43. The number of halogens is 1. The first-order valence-electron chi connectivity index (χ1n) is 6.35. The monoisotopic (exact) mass is 337 g/mol. The summed E-state index contributed by atoms with van der Waals surface area (Å²) < 4.78 is 45.1. The molecule has 1 rings (SSSR count). The Bertz CT molecular complexity index is 576. The van der Waals surface area contributed by atoms with Crippen molar-refractivity contribution in [1.29, 1.82) is 0 Å². The predicted molar refractivity (Wildman–Crippen MR) is 81.8 cm³/mol. The second-order valence-electron chi connectivity index (χ2n) is 4.78. The van der Waals surface area contributed by atoms with Crippen LogP contribution in [-0.4, -0.2) is 44.3 Å². The number of nitrogens with one attached hydrogen (secondary N) is 1. The molecule has 2 N–H and O–H groups in total. The molecule has 0 aliphatic heterocycles. The lowest BCUT2D eigenvalue weighted by Gasteiger charge is -2.22. The Kier molecular flexibility index (Phi) is 6.45. The molecule has 1 atom stereocenters. The van der Waals surface area contributed by atoms with E-state index in [0.717, 1.165) is 6.07 Å². The number of ether oxygens (including phenoxy) is 1. The van der Waals surface area contributed by atoms with Crippen molar-refractivity contribution in [2.45, 2.75) is 24.3 Å². The van der Waals surface area contributed by atoms with E-state index in [4.69, 9.17) is 4.74 Å². The van der Waals surface area contributed by atoms with Crippen molar-refractivity contribution in [3.05, 3.63) is 24.0 Å². The van der Waals surface area contributed by atoms with Crippen LogP contribution in [0.5, 0.6) is 5.75 Å². The molecule has 0 heterocycles. The van der Waals surface area contributed by atoms with E-state index in [1.54, 1.807) is 6.92 Å². The highest BCUT2D eigenvalue weighted by Gasteiger charge is 2.24. The van der Waals surface area contributed by atoms with Crippen molar-refractivity contribution in [2.75, 3.05) is 25.2 Å². The molecule has 0 aliphatic rings. The smallest absolute Gasteiger partial charge is 0.240 e. The number of benzene rings is 1. The van der Waals surface area contributed by atoms with Gasteiger partial charge in [0, 0.05) is 12.3 Å². The molecule has 8 heteroatoms. The predicted octanol–water partition coefficient (Wildman–Crippen LogP) is 1.62. The molecular formula is C13H20FNO4S2. The maximum atomic E-state index is 13.7. The molecule has 0 spiro atoms. The molecule has 1 aromatic carbocycles. The molecule has 21 heavy (non-hydrogen) atoms. The zero-order chi connectivity index (χ0) is 16.1. The number of sulfonamides is 1. The van der Waals surface area contributed by atoms with E-state index in [1.165, 1.54) is 30.8 Å². The molecule has 0 saturated carbocycles. The molecule has 0 aromatic heterocycles. The maximum absolute atomic E-state index is 13.7. The van der Waals surface area contributed by atoms with Crippen molar-refractivity contribution in [1.82, 2.24) is 4.72 Å². The van der Waals surface area contributed by atoms with Gasteiger partial charge in [0.2, 0.25) is 10.0 Å². The zero-order valence-electron chi connectivity index (χ0n) is 12.2. The second-order valence-corrected chi connectivity index (χ2v) is 7.41. The summed E-state index contributed by atoms with van der Waals surface area (Å²) in [7, 11) is -3.88. The third kappa shape index (κ3) is 5.46. The molecular weight excluding hydrogens is 317 g/mol. The molecule has 0 bridgehead atoms. The van der Waals surface area contributed by atoms with E-state index in [-0.39, 0.29) is 17.2 Å². The minimum absolute atomic E-state index is 0.00540. The molecule has 0 saturated heterocycles. The van der Waals surface area contributed by atoms with Gasteiger partial charge in [0.15, 0.2) is 11.6 Å². The molecule has 0 fully saturated rings. The molecule has 0 amide bonds. The highest BCUT2D eigenvalue weighted by Crippen LogP contribution is 2.21. The third-order valence-electron chi connectivity index (χ3n) is 2.61. The Labute approximate surface area is 128 Å². The van der Waals surface area contributed by atoms with E-state index in [2.05, 4.69) is 4.72 Å².